The van der Waals surface area contributed by atoms with Crippen molar-refractivity contribution >= 4 is 23.2 Å². The van der Waals surface area contributed by atoms with Crippen LogP contribution in [0.4, 0.5) is 0 Å². The average molecular weight is 274 g/mol. The molecule has 1 nitrogen and oxygen atoms in total. The first-order valence-corrected chi connectivity index (χ1v) is 7.03. The summed E-state index contributed by atoms with van der Waals surface area (Å²) in [5.41, 5.74) is 1.07. The summed E-state index contributed by atoms with van der Waals surface area (Å²) in [6.07, 6.45) is 2.42. The molecular weight excluding hydrogens is 253 g/mol. The first-order valence-electron chi connectivity index (χ1n) is 6.27. The number of hydrogen-bond donors (Lipinski definition) is 1. The third-order valence-corrected chi connectivity index (χ3v) is 4.15. The highest BCUT2D eigenvalue weighted by molar-refractivity contribution is 6.42. The van der Waals surface area contributed by atoms with Gasteiger partial charge in [0.2, 0.25) is 0 Å². The third kappa shape index (κ3) is 4.17. The van der Waals surface area contributed by atoms with Crippen LogP contribution in [-0.2, 0) is 0 Å². The smallest absolute Gasteiger partial charge is 0.0639 e. The van der Waals surface area contributed by atoms with Crippen LogP contribution in [0.2, 0.25) is 10.0 Å². The van der Waals surface area contributed by atoms with Gasteiger partial charge < -0.3 is 5.32 Å². The highest BCUT2D eigenvalue weighted by Gasteiger charge is 2.12. The number of rotatable bonds is 6. The molecule has 1 aromatic rings. The van der Waals surface area contributed by atoms with E-state index in [4.69, 9.17) is 23.2 Å². The van der Waals surface area contributed by atoms with Crippen LogP contribution in [-0.4, -0.2) is 6.54 Å². The van der Waals surface area contributed by atoms with Crippen LogP contribution in [0.3, 0.4) is 0 Å². The highest BCUT2D eigenvalue weighted by Crippen LogP contribution is 2.29. The van der Waals surface area contributed by atoms with Crippen LogP contribution in [0.25, 0.3) is 0 Å². The zero-order chi connectivity index (χ0) is 12.8. The Balaban J connectivity index is 2.63. The molecule has 0 bridgehead atoms. The van der Waals surface area contributed by atoms with E-state index in [0.717, 1.165) is 18.0 Å². The van der Waals surface area contributed by atoms with E-state index in [0.29, 0.717) is 10.0 Å². The molecule has 0 radical (unpaired) electrons. The third-order valence-electron chi connectivity index (χ3n) is 3.32. The summed E-state index contributed by atoms with van der Waals surface area (Å²) < 4.78 is 0. The normalized spacial score (nSPS) is 13.1. The Kier molecular flexibility index (Phi) is 6.32. The lowest BCUT2D eigenvalue weighted by atomic mass is 10.0. The molecule has 0 aromatic heterocycles. The molecule has 1 rings (SSSR count). The van der Waals surface area contributed by atoms with Crippen molar-refractivity contribution < 1.29 is 0 Å². The molecule has 0 saturated carbocycles. The van der Waals surface area contributed by atoms with E-state index >= 15 is 0 Å². The molecule has 1 atom stereocenters. The van der Waals surface area contributed by atoms with E-state index in [-0.39, 0.29) is 6.04 Å². The van der Waals surface area contributed by atoms with Gasteiger partial charge in [-0.3, -0.25) is 0 Å². The Bertz CT molecular complexity index is 348. The van der Waals surface area contributed by atoms with Gasteiger partial charge in [0.15, 0.2) is 0 Å². The summed E-state index contributed by atoms with van der Waals surface area (Å²) in [4.78, 5) is 0. The summed E-state index contributed by atoms with van der Waals surface area (Å²) >= 11 is 12.2. The van der Waals surface area contributed by atoms with E-state index in [9.17, 15) is 0 Å². The molecule has 0 spiro atoms. The van der Waals surface area contributed by atoms with E-state index in [1.807, 2.05) is 18.2 Å². The molecule has 0 fully saturated rings. The maximum atomic E-state index is 6.20. The minimum Gasteiger partial charge on any atom is -0.310 e. The molecule has 0 heterocycles. The second-order valence-electron chi connectivity index (χ2n) is 4.46. The Morgan fingerprint density at radius 1 is 1.18 bits per heavy atom. The topological polar surface area (TPSA) is 12.0 Å². The van der Waals surface area contributed by atoms with Gasteiger partial charge in [-0.2, -0.15) is 0 Å². The van der Waals surface area contributed by atoms with Gasteiger partial charge in [0.1, 0.15) is 0 Å². The lowest BCUT2D eigenvalue weighted by molar-refractivity contribution is 0.422. The van der Waals surface area contributed by atoms with Crippen LogP contribution < -0.4 is 5.32 Å². The zero-order valence-corrected chi connectivity index (χ0v) is 12.3. The number of benzene rings is 1. The SMILES string of the molecule is CCC(CC)CNC(C)c1cccc(Cl)c1Cl. The van der Waals surface area contributed by atoms with Crippen LogP contribution >= 0.6 is 23.2 Å². The minimum atomic E-state index is 0.238. The molecular formula is C14H21Cl2N. The van der Waals surface area contributed by atoms with E-state index in [1.54, 1.807) is 0 Å². The fraction of sp³-hybridized carbons (Fsp3) is 0.571. The van der Waals surface area contributed by atoms with Crippen LogP contribution in [0.1, 0.15) is 45.2 Å². The van der Waals surface area contributed by atoms with Crippen molar-refractivity contribution in [2.75, 3.05) is 6.54 Å². The van der Waals surface area contributed by atoms with Crippen LogP contribution in [0.5, 0.6) is 0 Å². The second kappa shape index (κ2) is 7.25. The predicted molar refractivity (Wildman–Crippen MR) is 77.0 cm³/mol. The van der Waals surface area contributed by atoms with Gasteiger partial charge in [-0.05, 0) is 31.0 Å². The quantitative estimate of drug-likeness (QED) is 0.762. The second-order valence-corrected chi connectivity index (χ2v) is 5.24. The largest absolute Gasteiger partial charge is 0.310 e. The molecule has 96 valence electrons. The van der Waals surface area contributed by atoms with Crippen LogP contribution in [0, 0.1) is 5.92 Å². The molecule has 1 aromatic carbocycles. The predicted octanol–water partition coefficient (Wildman–Crippen LogP) is 5.08. The van der Waals surface area contributed by atoms with E-state index in [2.05, 4.69) is 26.1 Å². The Hall–Kier alpha value is -0.240. The Morgan fingerprint density at radius 3 is 2.41 bits per heavy atom. The Morgan fingerprint density at radius 2 is 1.82 bits per heavy atom. The summed E-state index contributed by atoms with van der Waals surface area (Å²) in [6.45, 7) is 7.61. The lowest BCUT2D eigenvalue weighted by Gasteiger charge is -2.20. The molecule has 17 heavy (non-hydrogen) atoms. The van der Waals surface area contributed by atoms with Crippen molar-refractivity contribution in [2.24, 2.45) is 5.92 Å². The van der Waals surface area contributed by atoms with Gasteiger partial charge in [-0.15, -0.1) is 0 Å². The van der Waals surface area contributed by atoms with E-state index < -0.39 is 0 Å². The fourth-order valence-electron chi connectivity index (χ4n) is 1.89. The standard InChI is InChI=1S/C14H21Cl2N/c1-4-11(5-2)9-17-10(3)12-7-6-8-13(15)14(12)16/h6-8,10-11,17H,4-5,9H2,1-3H3. The molecule has 1 unspecified atom stereocenters. The van der Waals surface area contributed by atoms with Gasteiger partial charge in [0.05, 0.1) is 10.0 Å². The van der Waals surface area contributed by atoms with Gasteiger partial charge in [0, 0.05) is 6.04 Å². The molecule has 3 heteroatoms. The number of hydrogen-bond acceptors (Lipinski definition) is 1. The number of halogens is 2. The highest BCUT2D eigenvalue weighted by atomic mass is 35.5. The molecule has 1 N–H and O–H groups in total. The summed E-state index contributed by atoms with van der Waals surface area (Å²) in [7, 11) is 0. The zero-order valence-electron chi connectivity index (χ0n) is 10.8. The molecule has 0 saturated heterocycles. The maximum absolute atomic E-state index is 6.20. The molecule has 0 aliphatic carbocycles. The molecule has 0 aliphatic rings. The van der Waals surface area contributed by atoms with Crippen molar-refractivity contribution in [2.45, 2.75) is 39.7 Å². The van der Waals surface area contributed by atoms with Crippen molar-refractivity contribution in [1.29, 1.82) is 0 Å². The van der Waals surface area contributed by atoms with Crippen molar-refractivity contribution in [3.63, 3.8) is 0 Å². The first kappa shape index (κ1) is 14.8. The molecule has 0 amide bonds. The van der Waals surface area contributed by atoms with Gasteiger partial charge in [-0.1, -0.05) is 62.0 Å². The summed E-state index contributed by atoms with van der Waals surface area (Å²) in [6, 6.07) is 6.03. The van der Waals surface area contributed by atoms with Gasteiger partial charge in [0.25, 0.3) is 0 Å². The van der Waals surface area contributed by atoms with Crippen LogP contribution in [0.15, 0.2) is 18.2 Å². The van der Waals surface area contributed by atoms with Crippen molar-refractivity contribution in [3.05, 3.63) is 33.8 Å². The summed E-state index contributed by atoms with van der Waals surface area (Å²) in [5, 5.41) is 4.82. The number of nitrogens with one attached hydrogen (secondary N) is 1. The van der Waals surface area contributed by atoms with Crippen molar-refractivity contribution in [3.8, 4) is 0 Å². The molecule has 0 aliphatic heterocycles. The van der Waals surface area contributed by atoms with Gasteiger partial charge >= 0.3 is 0 Å². The lowest BCUT2D eigenvalue weighted by Crippen LogP contribution is -2.25. The first-order chi connectivity index (χ1) is 8.10. The monoisotopic (exact) mass is 273 g/mol. The average Bonchev–Trinajstić information content (AvgIpc) is 2.33. The van der Waals surface area contributed by atoms with Gasteiger partial charge in [-0.25, -0.2) is 0 Å². The fourth-order valence-corrected chi connectivity index (χ4v) is 2.36. The maximum Gasteiger partial charge on any atom is 0.0639 e. The minimum absolute atomic E-state index is 0.238. The van der Waals surface area contributed by atoms with E-state index in [1.165, 1.54) is 12.8 Å². The summed E-state index contributed by atoms with van der Waals surface area (Å²) in [5.74, 6) is 0.732. The Labute approximate surface area is 115 Å². The van der Waals surface area contributed by atoms with Crippen molar-refractivity contribution in [1.82, 2.24) is 5.32 Å².